The molecule has 0 aliphatic heterocycles. The third-order valence-corrected chi connectivity index (χ3v) is 4.09. The second-order valence-corrected chi connectivity index (χ2v) is 6.09. The Bertz CT molecular complexity index is 765. The van der Waals surface area contributed by atoms with Gasteiger partial charge in [0.05, 0.1) is 23.1 Å². The summed E-state index contributed by atoms with van der Waals surface area (Å²) in [7, 11) is -3.76. The first-order valence-electron chi connectivity index (χ1n) is 6.21. The topological polar surface area (TPSA) is 79.2 Å². The van der Waals surface area contributed by atoms with Gasteiger partial charge in [0.15, 0.2) is 0 Å². The predicted octanol–water partition coefficient (Wildman–Crippen LogP) is 2.28. The molecule has 2 aromatic carbocycles. The molecule has 0 aromatic heterocycles. The molecule has 0 bridgehead atoms. The molecule has 5 nitrogen and oxygen atoms in total. The Balaban J connectivity index is 2.05. The smallest absolute Gasteiger partial charge is 0.262 e. The van der Waals surface area contributed by atoms with Gasteiger partial charge in [-0.25, -0.2) is 8.42 Å². The van der Waals surface area contributed by atoms with Gasteiger partial charge in [-0.2, -0.15) is 5.26 Å². The third kappa shape index (κ3) is 3.89. The Morgan fingerprint density at radius 1 is 1.19 bits per heavy atom. The maximum Gasteiger partial charge on any atom is 0.262 e. The highest BCUT2D eigenvalue weighted by Gasteiger charge is 2.15. The van der Waals surface area contributed by atoms with E-state index in [0.717, 1.165) is 5.56 Å². The van der Waals surface area contributed by atoms with Crippen LogP contribution < -0.4 is 4.89 Å². The summed E-state index contributed by atoms with van der Waals surface area (Å²) in [6.45, 7) is 1.82. The van der Waals surface area contributed by atoms with Gasteiger partial charge in [0.1, 0.15) is 0 Å². The number of nitriles is 1. The van der Waals surface area contributed by atoms with Gasteiger partial charge in [-0.1, -0.05) is 35.2 Å². The SMILES string of the molecule is Cc1cc(S(=O)(=O)NOCc2ccccc2)ccc1C#N. The maximum atomic E-state index is 12.1. The highest BCUT2D eigenvalue weighted by Crippen LogP contribution is 2.15. The summed E-state index contributed by atoms with van der Waals surface area (Å²) in [5.41, 5.74) is 1.90. The van der Waals surface area contributed by atoms with E-state index in [-0.39, 0.29) is 11.5 Å². The molecule has 108 valence electrons. The minimum atomic E-state index is -3.76. The van der Waals surface area contributed by atoms with Crippen LogP contribution in [-0.4, -0.2) is 8.42 Å². The van der Waals surface area contributed by atoms with Crippen LogP contribution >= 0.6 is 0 Å². The van der Waals surface area contributed by atoms with Crippen LogP contribution in [-0.2, 0) is 21.5 Å². The van der Waals surface area contributed by atoms with Crippen molar-refractivity contribution in [2.24, 2.45) is 0 Å². The first-order chi connectivity index (χ1) is 10.0. The number of aryl methyl sites for hydroxylation is 1. The highest BCUT2D eigenvalue weighted by atomic mass is 32.2. The molecule has 1 N–H and O–H groups in total. The van der Waals surface area contributed by atoms with Crippen LogP contribution in [0.1, 0.15) is 16.7 Å². The van der Waals surface area contributed by atoms with Crippen molar-refractivity contribution < 1.29 is 13.3 Å². The summed E-state index contributed by atoms with van der Waals surface area (Å²) in [5, 5.41) is 8.84. The average molecular weight is 302 g/mol. The molecule has 0 fully saturated rings. The van der Waals surface area contributed by atoms with Crippen LogP contribution in [0.3, 0.4) is 0 Å². The van der Waals surface area contributed by atoms with Crippen molar-refractivity contribution in [1.29, 1.82) is 5.26 Å². The quantitative estimate of drug-likeness (QED) is 0.859. The van der Waals surface area contributed by atoms with E-state index < -0.39 is 10.0 Å². The lowest BCUT2D eigenvalue weighted by molar-refractivity contribution is 0.0795. The van der Waals surface area contributed by atoms with E-state index in [1.165, 1.54) is 18.2 Å². The second-order valence-electron chi connectivity index (χ2n) is 4.45. The van der Waals surface area contributed by atoms with Crippen molar-refractivity contribution in [3.05, 3.63) is 65.2 Å². The number of nitrogens with zero attached hydrogens (tertiary/aromatic N) is 1. The molecule has 0 radical (unpaired) electrons. The molecule has 0 saturated heterocycles. The fourth-order valence-corrected chi connectivity index (χ4v) is 2.63. The number of nitrogens with one attached hydrogen (secondary N) is 1. The van der Waals surface area contributed by atoms with Crippen molar-refractivity contribution in [3.63, 3.8) is 0 Å². The molecule has 0 amide bonds. The first kappa shape index (κ1) is 15.2. The van der Waals surface area contributed by atoms with Crippen molar-refractivity contribution >= 4 is 10.0 Å². The Morgan fingerprint density at radius 2 is 1.90 bits per heavy atom. The van der Waals surface area contributed by atoms with Gasteiger partial charge >= 0.3 is 0 Å². The first-order valence-corrected chi connectivity index (χ1v) is 7.69. The number of sulfonamides is 1. The molecule has 0 atom stereocenters. The molecule has 0 spiro atoms. The molecule has 2 rings (SSSR count). The van der Waals surface area contributed by atoms with Gasteiger partial charge in [0.2, 0.25) is 0 Å². The van der Waals surface area contributed by atoms with Crippen LogP contribution in [0.4, 0.5) is 0 Å². The van der Waals surface area contributed by atoms with Gasteiger partial charge in [-0.05, 0) is 36.2 Å². The van der Waals surface area contributed by atoms with Gasteiger partial charge in [0, 0.05) is 0 Å². The molecule has 0 unspecified atom stereocenters. The zero-order chi connectivity index (χ0) is 15.3. The lowest BCUT2D eigenvalue weighted by atomic mass is 10.1. The molecule has 21 heavy (non-hydrogen) atoms. The van der Waals surface area contributed by atoms with E-state index >= 15 is 0 Å². The minimum absolute atomic E-state index is 0.0621. The molecular weight excluding hydrogens is 288 g/mol. The standard InChI is InChI=1S/C15H14N2O3S/c1-12-9-15(8-7-14(12)10-16)21(18,19)17-20-11-13-5-3-2-4-6-13/h2-9,17H,11H2,1H3. The zero-order valence-electron chi connectivity index (χ0n) is 11.4. The summed E-state index contributed by atoms with van der Waals surface area (Å²) >= 11 is 0. The predicted molar refractivity (Wildman–Crippen MR) is 77.4 cm³/mol. The number of rotatable bonds is 5. The van der Waals surface area contributed by atoms with Crippen LogP contribution in [0.25, 0.3) is 0 Å². The van der Waals surface area contributed by atoms with Gasteiger partial charge in [0.25, 0.3) is 10.0 Å². The Labute approximate surface area is 123 Å². The lowest BCUT2D eigenvalue weighted by Gasteiger charge is -2.08. The summed E-state index contributed by atoms with van der Waals surface area (Å²) in [6, 6.07) is 15.5. The lowest BCUT2D eigenvalue weighted by Crippen LogP contribution is -2.24. The fourth-order valence-electron chi connectivity index (χ4n) is 1.74. The fraction of sp³-hybridized carbons (Fsp3) is 0.133. The van der Waals surface area contributed by atoms with E-state index in [0.29, 0.717) is 11.1 Å². The van der Waals surface area contributed by atoms with E-state index in [1.807, 2.05) is 36.4 Å². The normalized spacial score (nSPS) is 11.0. The van der Waals surface area contributed by atoms with Crippen LogP contribution in [0.15, 0.2) is 53.4 Å². The van der Waals surface area contributed by atoms with Crippen molar-refractivity contribution in [3.8, 4) is 6.07 Å². The van der Waals surface area contributed by atoms with Crippen molar-refractivity contribution in [1.82, 2.24) is 4.89 Å². The molecule has 6 heteroatoms. The van der Waals surface area contributed by atoms with Crippen LogP contribution in [0.2, 0.25) is 0 Å². The Hall–Kier alpha value is -2.20. The average Bonchev–Trinajstić information content (AvgIpc) is 2.48. The summed E-state index contributed by atoms with van der Waals surface area (Å²) in [5.74, 6) is 0. The van der Waals surface area contributed by atoms with Gasteiger partial charge in [-0.15, -0.1) is 0 Å². The Morgan fingerprint density at radius 3 is 2.52 bits per heavy atom. The Kier molecular flexibility index (Phi) is 4.70. The van der Waals surface area contributed by atoms with E-state index in [4.69, 9.17) is 10.1 Å². The largest absolute Gasteiger partial charge is 0.282 e. The van der Waals surface area contributed by atoms with Crippen LogP contribution in [0.5, 0.6) is 0 Å². The van der Waals surface area contributed by atoms with Gasteiger partial charge in [-0.3, -0.25) is 4.84 Å². The minimum Gasteiger partial charge on any atom is -0.282 e. The van der Waals surface area contributed by atoms with Crippen LogP contribution in [0, 0.1) is 18.3 Å². The molecule has 0 aliphatic rings. The zero-order valence-corrected chi connectivity index (χ0v) is 12.2. The van der Waals surface area contributed by atoms with Crippen molar-refractivity contribution in [2.75, 3.05) is 0 Å². The van der Waals surface area contributed by atoms with Crippen molar-refractivity contribution in [2.45, 2.75) is 18.4 Å². The van der Waals surface area contributed by atoms with E-state index in [1.54, 1.807) is 6.92 Å². The van der Waals surface area contributed by atoms with Gasteiger partial charge < -0.3 is 0 Å². The molecule has 0 aliphatic carbocycles. The highest BCUT2D eigenvalue weighted by molar-refractivity contribution is 7.89. The number of hydrogen-bond donors (Lipinski definition) is 1. The summed E-state index contributed by atoms with van der Waals surface area (Å²) < 4.78 is 24.1. The number of benzene rings is 2. The molecule has 0 saturated carbocycles. The van der Waals surface area contributed by atoms with E-state index in [9.17, 15) is 8.42 Å². The second kappa shape index (κ2) is 6.50. The molecule has 0 heterocycles. The maximum absolute atomic E-state index is 12.1. The third-order valence-electron chi connectivity index (χ3n) is 2.88. The van der Waals surface area contributed by atoms with E-state index in [2.05, 4.69) is 4.89 Å². The monoisotopic (exact) mass is 302 g/mol. The number of hydrogen-bond acceptors (Lipinski definition) is 4. The summed E-state index contributed by atoms with van der Waals surface area (Å²) in [4.78, 5) is 7.17. The molecular formula is C15H14N2O3S. The summed E-state index contributed by atoms with van der Waals surface area (Å²) in [6.07, 6.45) is 0. The molecule has 2 aromatic rings.